The molecule has 1 fully saturated rings. The number of nitrogens with zero attached hydrogens (tertiary/aromatic N) is 7. The van der Waals surface area contributed by atoms with E-state index in [4.69, 9.17) is 19.1 Å². The summed E-state index contributed by atoms with van der Waals surface area (Å²) in [5.41, 5.74) is 9.86. The lowest BCUT2D eigenvalue weighted by molar-refractivity contribution is -0.0383. The highest BCUT2D eigenvalue weighted by Gasteiger charge is 2.46. The molecule has 3 heterocycles. The lowest BCUT2D eigenvalue weighted by atomic mass is 10.2. The Bertz CT molecular complexity index is 1070. The molecule has 0 spiro atoms. The van der Waals surface area contributed by atoms with Crippen molar-refractivity contribution in [3.63, 3.8) is 0 Å². The first-order chi connectivity index (χ1) is 15.6. The van der Waals surface area contributed by atoms with Crippen molar-refractivity contribution in [3.05, 3.63) is 23.1 Å². The summed E-state index contributed by atoms with van der Waals surface area (Å²) < 4.78 is 21.8. The van der Waals surface area contributed by atoms with Crippen LogP contribution in [0.3, 0.4) is 0 Å². The van der Waals surface area contributed by atoms with E-state index in [0.717, 1.165) is 0 Å². The molecule has 2 aromatic heterocycles. The van der Waals surface area contributed by atoms with E-state index < -0.39 is 16.6 Å². The number of rotatable bonds is 7. The minimum atomic E-state index is -2.04. The molecule has 2 aromatic rings. The van der Waals surface area contributed by atoms with E-state index in [1.807, 2.05) is 4.57 Å². The van der Waals surface area contributed by atoms with Crippen LogP contribution in [0.1, 0.15) is 54.2 Å². The number of hydrogen-bond donors (Lipinski definition) is 0. The molecule has 0 amide bonds. The fourth-order valence-corrected chi connectivity index (χ4v) is 5.75. The standard InChI is InChI=1S/C22H39N7O3Si2/c1-21(2,3)33(7,8)30-12-16-15(32-34(9,10)22(4,5)6)11-17(31-16)29-14-26-18-19(27-28-23)24-13-25-20(18)29/h13-17H,11-12H2,1-10H3. The lowest BCUT2D eigenvalue weighted by Gasteiger charge is -2.40. The number of ether oxygens (including phenoxy) is 1. The van der Waals surface area contributed by atoms with E-state index >= 15 is 0 Å². The number of imidazole rings is 1. The Hall–Kier alpha value is -1.83. The van der Waals surface area contributed by atoms with E-state index in [1.54, 1.807) is 6.33 Å². The van der Waals surface area contributed by atoms with Gasteiger partial charge in [-0.2, -0.15) is 0 Å². The number of azide groups is 1. The monoisotopic (exact) mass is 505 g/mol. The van der Waals surface area contributed by atoms with Crippen LogP contribution in [0.2, 0.25) is 36.3 Å². The fourth-order valence-electron chi connectivity index (χ4n) is 3.37. The Morgan fingerprint density at radius 1 is 1.09 bits per heavy atom. The average Bonchev–Trinajstić information content (AvgIpc) is 3.29. The van der Waals surface area contributed by atoms with Crippen LogP contribution in [0.15, 0.2) is 17.8 Å². The van der Waals surface area contributed by atoms with Gasteiger partial charge in [-0.3, -0.25) is 4.57 Å². The van der Waals surface area contributed by atoms with Crippen LogP contribution in [-0.4, -0.2) is 55.0 Å². The topological polar surface area (TPSA) is 120 Å². The second-order valence-corrected chi connectivity index (χ2v) is 21.6. The molecule has 0 aliphatic carbocycles. The van der Waals surface area contributed by atoms with Crippen molar-refractivity contribution in [3.8, 4) is 0 Å². The van der Waals surface area contributed by atoms with E-state index in [9.17, 15) is 0 Å². The zero-order valence-electron chi connectivity index (χ0n) is 22.2. The predicted molar refractivity (Wildman–Crippen MR) is 138 cm³/mol. The zero-order valence-corrected chi connectivity index (χ0v) is 24.2. The summed E-state index contributed by atoms with van der Waals surface area (Å²) in [5.74, 6) is 0.205. The Morgan fingerprint density at radius 2 is 1.74 bits per heavy atom. The van der Waals surface area contributed by atoms with E-state index in [1.165, 1.54) is 6.33 Å². The van der Waals surface area contributed by atoms with Crippen LogP contribution < -0.4 is 0 Å². The van der Waals surface area contributed by atoms with Gasteiger partial charge in [-0.05, 0) is 46.9 Å². The molecule has 1 saturated heterocycles. The number of hydrogen-bond acceptors (Lipinski definition) is 7. The summed E-state index contributed by atoms with van der Waals surface area (Å²) in [6.45, 7) is 22.9. The first-order valence-electron chi connectivity index (χ1n) is 11.8. The first kappa shape index (κ1) is 26.8. The van der Waals surface area contributed by atoms with Crippen molar-refractivity contribution in [2.75, 3.05) is 6.61 Å². The molecule has 1 aliphatic heterocycles. The maximum atomic E-state index is 8.84. The molecular weight excluding hydrogens is 466 g/mol. The van der Waals surface area contributed by atoms with Gasteiger partial charge < -0.3 is 13.6 Å². The van der Waals surface area contributed by atoms with Gasteiger partial charge in [-0.1, -0.05) is 41.5 Å². The largest absolute Gasteiger partial charge is 0.414 e. The second-order valence-electron chi connectivity index (χ2n) is 12.1. The van der Waals surface area contributed by atoms with Crippen molar-refractivity contribution in [1.29, 1.82) is 0 Å². The number of fused-ring (bicyclic) bond motifs is 1. The lowest BCUT2D eigenvalue weighted by Crippen LogP contribution is -2.48. The molecule has 1 aliphatic rings. The minimum absolute atomic E-state index is 0.0784. The maximum absolute atomic E-state index is 8.84. The highest BCUT2D eigenvalue weighted by Crippen LogP contribution is 2.43. The van der Waals surface area contributed by atoms with Crippen molar-refractivity contribution in [1.82, 2.24) is 19.5 Å². The van der Waals surface area contributed by atoms with Gasteiger partial charge in [-0.25, -0.2) is 15.0 Å². The van der Waals surface area contributed by atoms with Crippen LogP contribution in [0.25, 0.3) is 21.6 Å². The van der Waals surface area contributed by atoms with Gasteiger partial charge in [0.2, 0.25) is 0 Å². The van der Waals surface area contributed by atoms with Crippen LogP contribution in [0, 0.1) is 0 Å². The van der Waals surface area contributed by atoms with E-state index in [0.29, 0.717) is 24.2 Å². The zero-order chi connectivity index (χ0) is 25.5. The average molecular weight is 506 g/mol. The van der Waals surface area contributed by atoms with Crippen molar-refractivity contribution >= 4 is 33.6 Å². The van der Waals surface area contributed by atoms with Crippen molar-refractivity contribution in [2.24, 2.45) is 5.11 Å². The third-order valence-electron chi connectivity index (χ3n) is 7.64. The Labute approximate surface area is 204 Å². The molecule has 0 bridgehead atoms. The molecule has 0 N–H and O–H groups in total. The van der Waals surface area contributed by atoms with Gasteiger partial charge in [-0.15, -0.1) is 0 Å². The van der Waals surface area contributed by atoms with Crippen LogP contribution in [0.5, 0.6) is 0 Å². The molecule has 3 atom stereocenters. The second kappa shape index (κ2) is 9.32. The molecule has 0 saturated carbocycles. The fraction of sp³-hybridized carbons (Fsp3) is 0.773. The van der Waals surface area contributed by atoms with Crippen molar-refractivity contribution < 1.29 is 13.6 Å². The van der Waals surface area contributed by atoms with Crippen LogP contribution in [-0.2, 0) is 13.6 Å². The SMILES string of the molecule is CC(C)(C)[Si](C)(C)OCC1OC(n2cnc3c(N=[N+]=[N-])ncnc32)CC1O[Si](C)(C)C(C)(C)C. The summed E-state index contributed by atoms with van der Waals surface area (Å²) >= 11 is 0. The molecule has 3 unspecified atom stereocenters. The maximum Gasteiger partial charge on any atom is 0.192 e. The van der Waals surface area contributed by atoms with Gasteiger partial charge >= 0.3 is 0 Å². The van der Waals surface area contributed by atoms with Crippen LogP contribution in [0.4, 0.5) is 5.82 Å². The molecule has 34 heavy (non-hydrogen) atoms. The quantitative estimate of drug-likeness (QED) is 0.184. The van der Waals surface area contributed by atoms with Gasteiger partial charge in [0.25, 0.3) is 0 Å². The predicted octanol–water partition coefficient (Wildman–Crippen LogP) is 6.47. The summed E-state index contributed by atoms with van der Waals surface area (Å²) in [5, 5.41) is 3.82. The normalized spacial score (nSPS) is 22.2. The van der Waals surface area contributed by atoms with Gasteiger partial charge in [0.1, 0.15) is 24.2 Å². The molecular formula is C22H39N7O3Si2. The molecule has 0 radical (unpaired) electrons. The molecule has 188 valence electrons. The van der Waals surface area contributed by atoms with E-state index in [-0.39, 0.29) is 34.3 Å². The smallest absolute Gasteiger partial charge is 0.192 e. The Morgan fingerprint density at radius 3 is 2.32 bits per heavy atom. The Kier molecular flexibility index (Phi) is 7.34. The highest BCUT2D eigenvalue weighted by molar-refractivity contribution is 6.74. The third kappa shape index (κ3) is 5.37. The van der Waals surface area contributed by atoms with Gasteiger partial charge in [0.05, 0.1) is 19.0 Å². The summed E-state index contributed by atoms with van der Waals surface area (Å²) in [7, 11) is -4.00. The van der Waals surface area contributed by atoms with Crippen molar-refractivity contribution in [2.45, 2.75) is 103 Å². The Balaban J connectivity index is 1.91. The highest BCUT2D eigenvalue weighted by atomic mass is 28.4. The third-order valence-corrected chi connectivity index (χ3v) is 16.6. The van der Waals surface area contributed by atoms with Gasteiger partial charge in [0, 0.05) is 11.3 Å². The molecule has 12 heteroatoms. The molecule has 10 nitrogen and oxygen atoms in total. The van der Waals surface area contributed by atoms with Gasteiger partial charge in [0.15, 0.2) is 28.1 Å². The van der Waals surface area contributed by atoms with E-state index in [2.05, 4.69) is 92.7 Å². The summed E-state index contributed by atoms with van der Waals surface area (Å²) in [6, 6.07) is 0. The summed E-state index contributed by atoms with van der Waals surface area (Å²) in [6.07, 6.45) is 3.07. The first-order valence-corrected chi connectivity index (χ1v) is 17.6. The molecule has 3 rings (SSSR count). The summed E-state index contributed by atoms with van der Waals surface area (Å²) in [4.78, 5) is 15.7. The van der Waals surface area contributed by atoms with Crippen LogP contribution >= 0.6 is 0 Å². The minimum Gasteiger partial charge on any atom is -0.414 e. The molecule has 0 aromatic carbocycles. The number of aromatic nitrogens is 4.